The fourth-order valence-corrected chi connectivity index (χ4v) is 4.16. The summed E-state index contributed by atoms with van der Waals surface area (Å²) in [4.78, 5) is 17.4. The molecule has 1 unspecified atom stereocenters. The van der Waals surface area contributed by atoms with E-state index >= 15 is 0 Å². The summed E-state index contributed by atoms with van der Waals surface area (Å²) in [7, 11) is 0. The predicted octanol–water partition coefficient (Wildman–Crippen LogP) is 2.22. The summed E-state index contributed by atoms with van der Waals surface area (Å²) in [6.45, 7) is 7.56. The second-order valence-electron chi connectivity index (χ2n) is 8.60. The van der Waals surface area contributed by atoms with Crippen molar-refractivity contribution in [2.75, 3.05) is 44.2 Å². The van der Waals surface area contributed by atoms with Gasteiger partial charge < -0.3 is 16.2 Å². The summed E-state index contributed by atoms with van der Waals surface area (Å²) in [6, 6.07) is 12.1. The predicted molar refractivity (Wildman–Crippen MR) is 133 cm³/mol. The number of rotatable bonds is 7. The van der Waals surface area contributed by atoms with E-state index in [1.807, 2.05) is 36.4 Å². The Morgan fingerprint density at radius 1 is 1.18 bits per heavy atom. The minimum Gasteiger partial charge on any atom is -0.402 e. The second kappa shape index (κ2) is 11.1. The summed E-state index contributed by atoms with van der Waals surface area (Å²) < 4.78 is 5.81. The number of anilines is 1. The van der Waals surface area contributed by atoms with Crippen LogP contribution in [0.1, 0.15) is 31.2 Å². The Morgan fingerprint density at radius 2 is 1.97 bits per heavy atom. The molecule has 4 rings (SSSR count). The Labute approximate surface area is 195 Å². The Kier molecular flexibility index (Phi) is 7.70. The van der Waals surface area contributed by atoms with E-state index in [9.17, 15) is 0 Å². The van der Waals surface area contributed by atoms with Gasteiger partial charge in [-0.15, -0.1) is 0 Å². The average molecular weight is 449 g/mol. The minimum atomic E-state index is 0.332. The van der Waals surface area contributed by atoms with Gasteiger partial charge in [-0.1, -0.05) is 35.3 Å². The number of benzene rings is 1. The van der Waals surface area contributed by atoms with Gasteiger partial charge in [0.25, 0.3) is 5.82 Å². The monoisotopic (exact) mass is 448 g/mol. The second-order valence-corrected chi connectivity index (χ2v) is 8.60. The van der Waals surface area contributed by atoms with Gasteiger partial charge in [0.2, 0.25) is 11.6 Å². The molecule has 8 heteroatoms. The molecule has 5 N–H and O–H groups in total. The number of piperazine rings is 1. The van der Waals surface area contributed by atoms with Crippen LogP contribution in [0.3, 0.4) is 0 Å². The zero-order chi connectivity index (χ0) is 23.0. The number of ether oxygens (including phenoxy) is 1. The highest BCUT2D eigenvalue weighted by Crippen LogP contribution is 2.19. The third-order valence-corrected chi connectivity index (χ3v) is 5.81. The van der Waals surface area contributed by atoms with E-state index in [1.54, 1.807) is 13.0 Å². The zero-order valence-electron chi connectivity index (χ0n) is 19.3. The van der Waals surface area contributed by atoms with Gasteiger partial charge in [0, 0.05) is 38.0 Å². The van der Waals surface area contributed by atoms with Crippen molar-refractivity contribution < 1.29 is 9.72 Å². The third kappa shape index (κ3) is 6.87. The molecule has 3 heterocycles. The van der Waals surface area contributed by atoms with Gasteiger partial charge in [0.15, 0.2) is 0 Å². The molecule has 0 saturated carbocycles. The molecule has 8 nitrogen and oxygen atoms in total. The van der Waals surface area contributed by atoms with Crippen molar-refractivity contribution >= 4 is 29.6 Å². The van der Waals surface area contributed by atoms with Crippen LogP contribution in [0, 0.1) is 0 Å². The van der Waals surface area contributed by atoms with Crippen LogP contribution >= 0.6 is 0 Å². The maximum absolute atomic E-state index is 6.04. The molecule has 2 aliphatic rings. The van der Waals surface area contributed by atoms with Crippen molar-refractivity contribution in [2.45, 2.75) is 25.9 Å². The molecule has 33 heavy (non-hydrogen) atoms. The Morgan fingerprint density at radius 3 is 2.67 bits per heavy atom. The third-order valence-electron chi connectivity index (χ3n) is 5.81. The SMILES string of the molecule is C/C(N)=C/C(N)=Nc1cc(N2CCN(CC3CCCO3)CC2)[nH+]c(/C=C/c2ccccc2)n1. The van der Waals surface area contributed by atoms with Gasteiger partial charge in [-0.3, -0.25) is 9.80 Å². The molecular formula is C25H34N7O+. The summed E-state index contributed by atoms with van der Waals surface area (Å²) in [5.74, 6) is 2.58. The summed E-state index contributed by atoms with van der Waals surface area (Å²) in [5, 5.41) is 0. The first-order valence-corrected chi connectivity index (χ1v) is 11.6. The number of nitrogens with one attached hydrogen (secondary N) is 1. The Balaban J connectivity index is 1.52. The lowest BCUT2D eigenvalue weighted by molar-refractivity contribution is -0.371. The van der Waals surface area contributed by atoms with E-state index < -0.39 is 0 Å². The number of aromatic nitrogens is 2. The first-order chi connectivity index (χ1) is 16.0. The molecule has 1 atom stereocenters. The quantitative estimate of drug-likeness (QED) is 0.497. The first-order valence-electron chi connectivity index (χ1n) is 11.6. The molecule has 1 aromatic carbocycles. The lowest BCUT2D eigenvalue weighted by Crippen LogP contribution is -2.50. The van der Waals surface area contributed by atoms with E-state index in [4.69, 9.17) is 16.2 Å². The maximum Gasteiger partial charge on any atom is 0.263 e. The van der Waals surface area contributed by atoms with Gasteiger partial charge in [-0.05, 0) is 37.5 Å². The van der Waals surface area contributed by atoms with E-state index in [1.165, 1.54) is 12.8 Å². The van der Waals surface area contributed by atoms with Crippen molar-refractivity contribution in [1.29, 1.82) is 0 Å². The van der Waals surface area contributed by atoms with Crippen molar-refractivity contribution in [3.63, 3.8) is 0 Å². The van der Waals surface area contributed by atoms with Crippen LogP contribution in [-0.4, -0.2) is 61.2 Å². The van der Waals surface area contributed by atoms with E-state index in [-0.39, 0.29) is 0 Å². The van der Waals surface area contributed by atoms with Crippen LogP contribution in [0.2, 0.25) is 0 Å². The van der Waals surface area contributed by atoms with Gasteiger partial charge in [-0.2, -0.15) is 4.99 Å². The fraction of sp³-hybridized carbons (Fsp3) is 0.400. The number of aromatic amines is 1. The minimum absolute atomic E-state index is 0.332. The molecule has 1 aromatic heterocycles. The number of hydrogen-bond acceptors (Lipinski definition) is 6. The van der Waals surface area contributed by atoms with Crippen molar-refractivity contribution in [2.24, 2.45) is 16.5 Å². The van der Waals surface area contributed by atoms with Crippen molar-refractivity contribution in [1.82, 2.24) is 9.88 Å². The van der Waals surface area contributed by atoms with Gasteiger partial charge >= 0.3 is 0 Å². The fourth-order valence-electron chi connectivity index (χ4n) is 4.16. The van der Waals surface area contributed by atoms with Crippen LogP contribution in [0.4, 0.5) is 11.6 Å². The number of hydrogen-bond donors (Lipinski definition) is 2. The molecule has 2 saturated heterocycles. The highest BCUT2D eigenvalue weighted by Gasteiger charge is 2.26. The Hall–Kier alpha value is -3.23. The standard InChI is InChI=1S/C25H33N7O/c1-19(26)16-22(27)28-24-17-25(30-23(29-24)10-9-20-6-3-2-4-7-20)32-13-11-31(12-14-32)18-21-8-5-15-33-21/h2-4,6-7,9-10,16-17,21H,5,8,11-15,18,26H2,1H3,(H2,27,28,29,30)/p+1/b10-9+,19-16-. The topological polar surface area (TPSA) is 107 Å². The number of amidine groups is 1. The molecular weight excluding hydrogens is 414 g/mol. The lowest BCUT2D eigenvalue weighted by Gasteiger charge is -2.33. The van der Waals surface area contributed by atoms with Crippen LogP contribution in [0.5, 0.6) is 0 Å². The number of aliphatic imine (C=N–C) groups is 1. The van der Waals surface area contributed by atoms with Gasteiger partial charge in [-0.25, -0.2) is 4.98 Å². The lowest BCUT2D eigenvalue weighted by atomic mass is 10.2. The van der Waals surface area contributed by atoms with Crippen LogP contribution in [0.15, 0.2) is 53.2 Å². The molecule has 0 spiro atoms. The van der Waals surface area contributed by atoms with Crippen LogP contribution in [-0.2, 0) is 4.74 Å². The van der Waals surface area contributed by atoms with Gasteiger partial charge in [0.05, 0.1) is 25.3 Å². The van der Waals surface area contributed by atoms with E-state index in [2.05, 4.69) is 36.9 Å². The number of H-pyrrole nitrogens is 1. The molecule has 2 aliphatic heterocycles. The van der Waals surface area contributed by atoms with Crippen molar-refractivity contribution in [3.8, 4) is 0 Å². The summed E-state index contributed by atoms with van der Waals surface area (Å²) >= 11 is 0. The molecule has 2 fully saturated rings. The highest BCUT2D eigenvalue weighted by atomic mass is 16.5. The smallest absolute Gasteiger partial charge is 0.263 e. The largest absolute Gasteiger partial charge is 0.402 e. The van der Waals surface area contributed by atoms with Crippen LogP contribution < -0.4 is 21.4 Å². The average Bonchev–Trinajstić information content (AvgIpc) is 3.31. The van der Waals surface area contributed by atoms with Crippen LogP contribution in [0.25, 0.3) is 12.2 Å². The maximum atomic E-state index is 6.04. The molecule has 174 valence electrons. The zero-order valence-corrected chi connectivity index (χ0v) is 19.3. The van der Waals surface area contributed by atoms with Gasteiger partial charge in [0.1, 0.15) is 5.84 Å². The Bertz CT molecular complexity index is 1000. The molecule has 2 aromatic rings. The van der Waals surface area contributed by atoms with E-state index in [0.717, 1.165) is 56.5 Å². The number of allylic oxidation sites excluding steroid dienone is 1. The number of nitrogens with two attached hydrogens (primary N) is 2. The normalized spacial score (nSPS) is 20.6. The summed E-state index contributed by atoms with van der Waals surface area (Å²) in [5.41, 5.74) is 13.5. The molecule has 0 radical (unpaired) electrons. The summed E-state index contributed by atoms with van der Waals surface area (Å²) in [6.07, 6.45) is 8.38. The first kappa shape index (κ1) is 22.9. The molecule has 0 bridgehead atoms. The van der Waals surface area contributed by atoms with E-state index in [0.29, 0.717) is 23.5 Å². The van der Waals surface area contributed by atoms with Crippen molar-refractivity contribution in [3.05, 3.63) is 59.6 Å². The highest BCUT2D eigenvalue weighted by molar-refractivity contribution is 5.93. The molecule has 0 aliphatic carbocycles. The number of nitrogens with zero attached hydrogens (tertiary/aromatic N) is 4. The molecule has 0 amide bonds.